The molecule has 3 rings (SSSR count). The predicted octanol–water partition coefficient (Wildman–Crippen LogP) is 2.34. The Morgan fingerprint density at radius 3 is 2.88 bits per heavy atom. The summed E-state index contributed by atoms with van der Waals surface area (Å²) in [5.74, 6) is 4.00. The first-order chi connectivity index (χ1) is 12.5. The van der Waals surface area contributed by atoms with Gasteiger partial charge in [0.25, 0.3) is 0 Å². The van der Waals surface area contributed by atoms with Gasteiger partial charge in [-0.15, -0.1) is 10.2 Å². The van der Waals surface area contributed by atoms with E-state index in [4.69, 9.17) is 9.73 Å². The largest absolute Gasteiger partial charge is 0.493 e. The topological polar surface area (TPSA) is 76.4 Å². The molecular formula is C19H28N6O. The first-order valence-corrected chi connectivity index (χ1v) is 9.16. The number of ether oxygens (including phenoxy) is 1. The summed E-state index contributed by atoms with van der Waals surface area (Å²) in [6.45, 7) is 8.34. The molecule has 0 fully saturated rings. The van der Waals surface area contributed by atoms with E-state index in [2.05, 4.69) is 40.7 Å². The molecule has 0 bridgehead atoms. The third kappa shape index (κ3) is 4.33. The zero-order valence-electron chi connectivity index (χ0n) is 16.0. The standard InChI is InChI=1S/C19H28N6O/c1-13(2)11-20-19(21-12-18-24-23-14(3)25(18)4)22-16-9-10-26-17-8-6-5-7-15(16)17/h5-8,13,16H,9-12H2,1-4H3,(H2,20,21,22). The van der Waals surface area contributed by atoms with Crippen LogP contribution in [0.1, 0.15) is 43.5 Å². The molecule has 1 aliphatic heterocycles. The van der Waals surface area contributed by atoms with Gasteiger partial charge in [0.05, 0.1) is 12.6 Å². The molecule has 7 heteroatoms. The summed E-state index contributed by atoms with van der Waals surface area (Å²) in [7, 11) is 1.96. The van der Waals surface area contributed by atoms with Crippen LogP contribution in [0.4, 0.5) is 0 Å². The number of aryl methyl sites for hydroxylation is 1. The maximum Gasteiger partial charge on any atom is 0.192 e. The van der Waals surface area contributed by atoms with Gasteiger partial charge in [-0.05, 0) is 18.9 Å². The van der Waals surface area contributed by atoms with Gasteiger partial charge >= 0.3 is 0 Å². The SMILES string of the molecule is Cc1nnc(CN=C(NCC(C)C)NC2CCOc3ccccc32)n1C. The van der Waals surface area contributed by atoms with Crippen molar-refractivity contribution in [1.82, 2.24) is 25.4 Å². The second-order valence-electron chi connectivity index (χ2n) is 7.03. The molecule has 1 aromatic carbocycles. The maximum atomic E-state index is 5.76. The van der Waals surface area contributed by atoms with Crippen LogP contribution >= 0.6 is 0 Å². The third-order valence-corrected chi connectivity index (χ3v) is 4.51. The van der Waals surface area contributed by atoms with Gasteiger partial charge in [0.1, 0.15) is 18.1 Å². The van der Waals surface area contributed by atoms with Gasteiger partial charge < -0.3 is 19.9 Å². The number of hydrogen-bond acceptors (Lipinski definition) is 4. The molecule has 26 heavy (non-hydrogen) atoms. The van der Waals surface area contributed by atoms with Crippen molar-refractivity contribution in [2.75, 3.05) is 13.2 Å². The molecular weight excluding hydrogens is 328 g/mol. The average Bonchev–Trinajstić information content (AvgIpc) is 2.96. The molecule has 1 aliphatic rings. The van der Waals surface area contributed by atoms with Crippen LogP contribution < -0.4 is 15.4 Å². The quantitative estimate of drug-likeness (QED) is 0.635. The van der Waals surface area contributed by atoms with Gasteiger partial charge in [-0.3, -0.25) is 0 Å². The highest BCUT2D eigenvalue weighted by Crippen LogP contribution is 2.31. The fourth-order valence-electron chi connectivity index (χ4n) is 2.85. The van der Waals surface area contributed by atoms with E-state index in [9.17, 15) is 0 Å². The lowest BCUT2D eigenvalue weighted by molar-refractivity contribution is 0.261. The molecule has 2 N–H and O–H groups in total. The predicted molar refractivity (Wildman–Crippen MR) is 102 cm³/mol. The first-order valence-electron chi connectivity index (χ1n) is 9.16. The van der Waals surface area contributed by atoms with E-state index in [0.717, 1.165) is 36.3 Å². The number of para-hydroxylation sites is 1. The molecule has 0 saturated heterocycles. The number of nitrogens with one attached hydrogen (secondary N) is 2. The molecule has 0 radical (unpaired) electrons. The van der Waals surface area contributed by atoms with Crippen LogP contribution in [-0.2, 0) is 13.6 Å². The molecule has 1 aromatic heterocycles. The van der Waals surface area contributed by atoms with Crippen molar-refractivity contribution in [2.24, 2.45) is 18.0 Å². The molecule has 0 spiro atoms. The van der Waals surface area contributed by atoms with Crippen molar-refractivity contribution in [3.63, 3.8) is 0 Å². The number of nitrogens with zero attached hydrogens (tertiary/aromatic N) is 4. The van der Waals surface area contributed by atoms with E-state index in [1.807, 2.05) is 36.7 Å². The van der Waals surface area contributed by atoms with E-state index in [1.165, 1.54) is 5.56 Å². The molecule has 0 amide bonds. The second-order valence-corrected chi connectivity index (χ2v) is 7.03. The van der Waals surface area contributed by atoms with Crippen molar-refractivity contribution in [3.05, 3.63) is 41.5 Å². The Labute approximate surface area is 154 Å². The Kier molecular flexibility index (Phi) is 5.75. The van der Waals surface area contributed by atoms with Crippen LogP contribution in [0.25, 0.3) is 0 Å². The minimum absolute atomic E-state index is 0.180. The lowest BCUT2D eigenvalue weighted by atomic mass is 10.0. The van der Waals surface area contributed by atoms with Gasteiger partial charge in [-0.2, -0.15) is 0 Å². The summed E-state index contributed by atoms with van der Waals surface area (Å²) in [5, 5.41) is 15.3. The number of rotatable bonds is 5. The van der Waals surface area contributed by atoms with Crippen LogP contribution in [0, 0.1) is 12.8 Å². The van der Waals surface area contributed by atoms with Crippen LogP contribution in [0.15, 0.2) is 29.3 Å². The Balaban J connectivity index is 1.76. The van der Waals surface area contributed by atoms with Gasteiger partial charge in [0.15, 0.2) is 11.8 Å². The summed E-state index contributed by atoms with van der Waals surface area (Å²) in [6.07, 6.45) is 0.905. The maximum absolute atomic E-state index is 5.76. The number of aliphatic imine (C=N–C) groups is 1. The zero-order valence-corrected chi connectivity index (χ0v) is 16.0. The van der Waals surface area contributed by atoms with Crippen LogP contribution in [0.2, 0.25) is 0 Å². The number of fused-ring (bicyclic) bond motifs is 1. The van der Waals surface area contributed by atoms with E-state index in [0.29, 0.717) is 19.1 Å². The summed E-state index contributed by atoms with van der Waals surface area (Å²) >= 11 is 0. The van der Waals surface area contributed by atoms with Crippen molar-refractivity contribution in [3.8, 4) is 5.75 Å². The summed E-state index contributed by atoms with van der Waals surface area (Å²) < 4.78 is 7.72. The number of benzene rings is 1. The molecule has 2 heterocycles. The Morgan fingerprint density at radius 1 is 1.35 bits per heavy atom. The van der Waals surface area contributed by atoms with Gasteiger partial charge in [-0.25, -0.2) is 4.99 Å². The van der Waals surface area contributed by atoms with E-state index in [-0.39, 0.29) is 6.04 Å². The minimum Gasteiger partial charge on any atom is -0.493 e. The number of guanidine groups is 1. The van der Waals surface area contributed by atoms with Gasteiger partial charge in [0, 0.05) is 25.6 Å². The molecule has 0 aliphatic carbocycles. The first kappa shape index (κ1) is 18.2. The highest BCUT2D eigenvalue weighted by Gasteiger charge is 2.22. The lowest BCUT2D eigenvalue weighted by Crippen LogP contribution is -2.42. The number of aromatic nitrogens is 3. The normalized spacial score (nSPS) is 17.0. The smallest absolute Gasteiger partial charge is 0.192 e. The summed E-state index contributed by atoms with van der Waals surface area (Å²) in [5.41, 5.74) is 1.17. The molecule has 7 nitrogen and oxygen atoms in total. The fourth-order valence-corrected chi connectivity index (χ4v) is 2.85. The molecule has 1 unspecified atom stereocenters. The third-order valence-electron chi connectivity index (χ3n) is 4.51. The summed E-state index contributed by atoms with van der Waals surface area (Å²) in [6, 6.07) is 8.36. The van der Waals surface area contributed by atoms with Crippen molar-refractivity contribution < 1.29 is 4.74 Å². The fraction of sp³-hybridized carbons (Fsp3) is 0.526. The molecule has 140 valence electrons. The molecule has 0 saturated carbocycles. The summed E-state index contributed by atoms with van der Waals surface area (Å²) in [4.78, 5) is 4.74. The second kappa shape index (κ2) is 8.21. The van der Waals surface area contributed by atoms with Crippen LogP contribution in [-0.4, -0.2) is 33.9 Å². The highest BCUT2D eigenvalue weighted by atomic mass is 16.5. The number of hydrogen-bond donors (Lipinski definition) is 2. The highest BCUT2D eigenvalue weighted by molar-refractivity contribution is 5.80. The van der Waals surface area contributed by atoms with Gasteiger partial charge in [0.2, 0.25) is 0 Å². The lowest BCUT2D eigenvalue weighted by Gasteiger charge is -2.28. The molecule has 2 aromatic rings. The Morgan fingerprint density at radius 2 is 2.15 bits per heavy atom. The van der Waals surface area contributed by atoms with E-state index < -0.39 is 0 Å². The molecule has 1 atom stereocenters. The zero-order chi connectivity index (χ0) is 18.5. The van der Waals surface area contributed by atoms with Crippen LogP contribution in [0.3, 0.4) is 0 Å². The van der Waals surface area contributed by atoms with Crippen molar-refractivity contribution in [2.45, 2.75) is 39.8 Å². The van der Waals surface area contributed by atoms with Gasteiger partial charge in [-0.1, -0.05) is 32.0 Å². The minimum atomic E-state index is 0.180. The van der Waals surface area contributed by atoms with E-state index in [1.54, 1.807) is 0 Å². The van der Waals surface area contributed by atoms with Crippen molar-refractivity contribution in [1.29, 1.82) is 0 Å². The Bertz CT molecular complexity index is 767. The van der Waals surface area contributed by atoms with Crippen molar-refractivity contribution >= 4 is 5.96 Å². The van der Waals surface area contributed by atoms with Crippen LogP contribution in [0.5, 0.6) is 5.75 Å². The monoisotopic (exact) mass is 356 g/mol. The Hall–Kier alpha value is -2.57. The van der Waals surface area contributed by atoms with E-state index >= 15 is 0 Å². The average molecular weight is 356 g/mol.